The number of anilines is 1. The molecule has 3 aromatic carbocycles. The number of fused-ring (bicyclic) bond motifs is 2. The summed E-state index contributed by atoms with van der Waals surface area (Å²) in [6.07, 6.45) is -1.03. The van der Waals surface area contributed by atoms with Crippen molar-refractivity contribution in [2.45, 2.75) is 19.6 Å². The van der Waals surface area contributed by atoms with Crippen LogP contribution in [-0.2, 0) is 20.9 Å². The number of nitrogens with zero attached hydrogens (tertiary/aromatic N) is 1. The molecule has 4 aromatic rings. The Balaban J connectivity index is 1.45. The molecule has 0 fully saturated rings. The van der Waals surface area contributed by atoms with Crippen LogP contribution in [0.25, 0.3) is 21.9 Å². The second-order valence-electron chi connectivity index (χ2n) is 6.57. The molecule has 0 bridgehead atoms. The lowest BCUT2D eigenvalue weighted by Crippen LogP contribution is -2.32. The van der Waals surface area contributed by atoms with E-state index in [2.05, 4.69) is 5.32 Å². The minimum absolute atomic E-state index is 0.346. The van der Waals surface area contributed by atoms with E-state index in [1.54, 1.807) is 30.3 Å². The van der Waals surface area contributed by atoms with Crippen LogP contribution in [0.1, 0.15) is 6.92 Å². The summed E-state index contributed by atoms with van der Waals surface area (Å²) in [4.78, 5) is 36.7. The minimum atomic E-state index is -1.03. The van der Waals surface area contributed by atoms with Gasteiger partial charge >= 0.3 is 11.7 Å². The number of rotatable bonds is 5. The van der Waals surface area contributed by atoms with Gasteiger partial charge in [0, 0.05) is 11.1 Å². The van der Waals surface area contributed by atoms with Crippen molar-refractivity contribution in [3.8, 4) is 0 Å². The number of carbonyl (C=O) groups is 2. The number of hydrogen-bond acceptors (Lipinski definition) is 5. The average molecular weight is 390 g/mol. The number of oxazole rings is 1. The van der Waals surface area contributed by atoms with Gasteiger partial charge in [-0.05, 0) is 30.5 Å². The highest BCUT2D eigenvalue weighted by Gasteiger charge is 2.20. The molecule has 1 aromatic heterocycles. The maximum Gasteiger partial charge on any atom is 0.420 e. The highest BCUT2D eigenvalue weighted by atomic mass is 16.5. The van der Waals surface area contributed by atoms with E-state index in [9.17, 15) is 14.4 Å². The highest BCUT2D eigenvalue weighted by molar-refractivity contribution is 6.03. The van der Waals surface area contributed by atoms with E-state index in [-0.39, 0.29) is 6.54 Å². The summed E-state index contributed by atoms with van der Waals surface area (Å²) >= 11 is 0. The summed E-state index contributed by atoms with van der Waals surface area (Å²) in [5, 5.41) is 4.66. The average Bonchev–Trinajstić information content (AvgIpc) is 3.03. The molecule has 1 heterocycles. The van der Waals surface area contributed by atoms with Crippen LogP contribution in [-0.4, -0.2) is 22.5 Å². The van der Waals surface area contributed by atoms with Crippen molar-refractivity contribution in [3.63, 3.8) is 0 Å². The van der Waals surface area contributed by atoms with Crippen molar-refractivity contribution >= 4 is 39.4 Å². The molecule has 0 aliphatic heterocycles. The first kappa shape index (κ1) is 18.5. The lowest BCUT2D eigenvalue weighted by Gasteiger charge is -2.15. The van der Waals surface area contributed by atoms with Crippen LogP contribution < -0.4 is 11.1 Å². The fourth-order valence-corrected chi connectivity index (χ4v) is 3.15. The van der Waals surface area contributed by atoms with Crippen LogP contribution in [0.2, 0.25) is 0 Å². The molecule has 0 spiro atoms. The third kappa shape index (κ3) is 3.75. The fraction of sp³-hybridized carbons (Fsp3) is 0.136. The molecule has 0 aliphatic rings. The van der Waals surface area contributed by atoms with Gasteiger partial charge in [-0.2, -0.15) is 0 Å². The first-order valence-corrected chi connectivity index (χ1v) is 9.09. The predicted octanol–water partition coefficient (Wildman–Crippen LogP) is 3.32. The van der Waals surface area contributed by atoms with Gasteiger partial charge in [-0.1, -0.05) is 48.5 Å². The molecule has 29 heavy (non-hydrogen) atoms. The van der Waals surface area contributed by atoms with E-state index in [1.807, 2.05) is 36.4 Å². The Kier molecular flexibility index (Phi) is 4.87. The van der Waals surface area contributed by atoms with Crippen molar-refractivity contribution < 1.29 is 18.7 Å². The zero-order chi connectivity index (χ0) is 20.4. The number of ether oxygens (including phenoxy) is 1. The number of aromatic nitrogens is 1. The van der Waals surface area contributed by atoms with Gasteiger partial charge in [0.05, 0.1) is 5.52 Å². The van der Waals surface area contributed by atoms with E-state index in [0.29, 0.717) is 16.8 Å². The van der Waals surface area contributed by atoms with E-state index < -0.39 is 23.7 Å². The van der Waals surface area contributed by atoms with Crippen LogP contribution in [0.4, 0.5) is 5.69 Å². The largest absolute Gasteiger partial charge is 0.451 e. The van der Waals surface area contributed by atoms with Gasteiger partial charge in [-0.25, -0.2) is 4.79 Å². The molecule has 1 amide bonds. The first-order chi connectivity index (χ1) is 14.0. The van der Waals surface area contributed by atoms with Crippen molar-refractivity contribution in [1.29, 1.82) is 0 Å². The van der Waals surface area contributed by atoms with Gasteiger partial charge in [-0.3, -0.25) is 14.2 Å². The zero-order valence-corrected chi connectivity index (χ0v) is 15.6. The Morgan fingerprint density at radius 3 is 2.62 bits per heavy atom. The number of benzene rings is 3. The topological polar surface area (TPSA) is 90.5 Å². The molecular weight excluding hydrogens is 372 g/mol. The Bertz CT molecular complexity index is 1270. The van der Waals surface area contributed by atoms with E-state index in [1.165, 1.54) is 11.5 Å². The van der Waals surface area contributed by atoms with Crippen LogP contribution in [0.5, 0.6) is 0 Å². The number of hydrogen-bond donors (Lipinski definition) is 1. The smallest absolute Gasteiger partial charge is 0.420 e. The molecule has 0 unspecified atom stereocenters. The maximum absolute atomic E-state index is 12.5. The minimum Gasteiger partial charge on any atom is -0.451 e. The number of amides is 1. The Labute approximate surface area is 165 Å². The molecule has 7 heteroatoms. The summed E-state index contributed by atoms with van der Waals surface area (Å²) in [6.45, 7) is 1.14. The molecule has 0 radical (unpaired) electrons. The molecule has 1 N–H and O–H groups in total. The monoisotopic (exact) mass is 390 g/mol. The number of carbonyl (C=O) groups excluding carboxylic acids is 2. The molecule has 0 saturated heterocycles. The molecule has 0 saturated carbocycles. The molecule has 1 atom stereocenters. The van der Waals surface area contributed by atoms with Crippen LogP contribution in [0, 0.1) is 0 Å². The Morgan fingerprint density at radius 1 is 1.03 bits per heavy atom. The second kappa shape index (κ2) is 7.63. The summed E-state index contributed by atoms with van der Waals surface area (Å²) in [5.41, 5.74) is 1.50. The van der Waals surface area contributed by atoms with Crippen molar-refractivity contribution in [2.24, 2.45) is 0 Å². The fourth-order valence-electron chi connectivity index (χ4n) is 3.15. The quantitative estimate of drug-likeness (QED) is 0.528. The standard InChI is InChI=1S/C22H18N2O5/c1-14(21(26)23-17-10-6-8-15-7-2-3-9-16(15)17)28-20(25)13-24-18-11-4-5-12-19(18)29-22(24)27/h2-12,14H,13H2,1H3,(H,23,26)/t14-/m1/s1. The van der Waals surface area contributed by atoms with Crippen molar-refractivity contribution in [1.82, 2.24) is 4.57 Å². The normalized spacial score (nSPS) is 12.0. The van der Waals surface area contributed by atoms with E-state index in [0.717, 1.165) is 10.8 Å². The molecule has 0 aliphatic carbocycles. The van der Waals surface area contributed by atoms with Gasteiger partial charge in [0.15, 0.2) is 11.7 Å². The van der Waals surface area contributed by atoms with Crippen molar-refractivity contribution in [3.05, 3.63) is 77.3 Å². The number of para-hydroxylation sites is 2. The van der Waals surface area contributed by atoms with Gasteiger partial charge in [0.1, 0.15) is 6.54 Å². The molecule has 146 valence electrons. The summed E-state index contributed by atoms with van der Waals surface area (Å²) in [6, 6.07) is 20.0. The molecule has 7 nitrogen and oxygen atoms in total. The van der Waals surface area contributed by atoms with Crippen LogP contribution in [0.15, 0.2) is 75.9 Å². The highest BCUT2D eigenvalue weighted by Crippen LogP contribution is 2.23. The SMILES string of the molecule is C[C@@H](OC(=O)Cn1c(=O)oc2ccccc21)C(=O)Nc1cccc2ccccc12. The van der Waals surface area contributed by atoms with E-state index >= 15 is 0 Å². The van der Waals surface area contributed by atoms with Crippen LogP contribution in [0.3, 0.4) is 0 Å². The lowest BCUT2D eigenvalue weighted by molar-refractivity contribution is -0.153. The molecule has 4 rings (SSSR count). The third-order valence-electron chi connectivity index (χ3n) is 4.59. The summed E-state index contributed by atoms with van der Waals surface area (Å²) in [7, 11) is 0. The molecular formula is C22H18N2O5. The van der Waals surface area contributed by atoms with Gasteiger partial charge < -0.3 is 14.5 Å². The third-order valence-corrected chi connectivity index (χ3v) is 4.59. The number of esters is 1. The van der Waals surface area contributed by atoms with Gasteiger partial charge in [0.25, 0.3) is 5.91 Å². The van der Waals surface area contributed by atoms with Gasteiger partial charge in [-0.15, -0.1) is 0 Å². The predicted molar refractivity (Wildman–Crippen MR) is 109 cm³/mol. The summed E-state index contributed by atoms with van der Waals surface area (Å²) < 4.78 is 11.5. The maximum atomic E-state index is 12.5. The number of nitrogens with one attached hydrogen (secondary N) is 1. The van der Waals surface area contributed by atoms with Crippen molar-refractivity contribution in [2.75, 3.05) is 5.32 Å². The van der Waals surface area contributed by atoms with E-state index in [4.69, 9.17) is 9.15 Å². The lowest BCUT2D eigenvalue weighted by atomic mass is 10.1. The zero-order valence-electron chi connectivity index (χ0n) is 15.6. The first-order valence-electron chi connectivity index (χ1n) is 9.09. The van der Waals surface area contributed by atoms with Crippen LogP contribution >= 0.6 is 0 Å². The Morgan fingerprint density at radius 2 is 1.76 bits per heavy atom. The second-order valence-corrected chi connectivity index (χ2v) is 6.57. The summed E-state index contributed by atoms with van der Waals surface area (Å²) in [5.74, 6) is -1.82. The van der Waals surface area contributed by atoms with Gasteiger partial charge in [0.2, 0.25) is 0 Å². The Hall–Kier alpha value is -3.87.